The molecule has 0 amide bonds. The highest BCUT2D eigenvalue weighted by Gasteiger charge is 2.16. The van der Waals surface area contributed by atoms with Gasteiger partial charge in [0, 0.05) is 10.9 Å². The summed E-state index contributed by atoms with van der Waals surface area (Å²) in [5, 5.41) is 15.9. The lowest BCUT2D eigenvalue weighted by Gasteiger charge is -2.14. The van der Waals surface area contributed by atoms with Crippen molar-refractivity contribution < 1.29 is 4.74 Å². The highest BCUT2D eigenvalue weighted by molar-refractivity contribution is 7.08. The van der Waals surface area contributed by atoms with Gasteiger partial charge in [0.25, 0.3) is 0 Å². The van der Waals surface area contributed by atoms with Crippen molar-refractivity contribution in [3.8, 4) is 28.1 Å². The van der Waals surface area contributed by atoms with Crippen molar-refractivity contribution >= 4 is 33.9 Å². The lowest BCUT2D eigenvalue weighted by atomic mass is 10.00. The molecule has 3 heterocycles. The van der Waals surface area contributed by atoms with Crippen LogP contribution in [0.2, 0.25) is 0 Å². The van der Waals surface area contributed by atoms with Crippen molar-refractivity contribution in [3.63, 3.8) is 0 Å². The minimum absolute atomic E-state index is 0.614. The molecule has 0 radical (unpaired) electrons. The average molecular weight is 414 g/mol. The van der Waals surface area contributed by atoms with E-state index in [9.17, 15) is 0 Å². The van der Waals surface area contributed by atoms with E-state index in [1.807, 2.05) is 29.6 Å². The van der Waals surface area contributed by atoms with E-state index in [2.05, 4.69) is 62.1 Å². The van der Waals surface area contributed by atoms with E-state index >= 15 is 0 Å². The van der Waals surface area contributed by atoms with Crippen molar-refractivity contribution in [2.24, 2.45) is 0 Å². The number of aryl methyl sites for hydroxylation is 1. The number of nitrogens with zero attached hydrogens (tertiary/aromatic N) is 3. The molecule has 5 aromatic rings. The fourth-order valence-corrected chi connectivity index (χ4v) is 4.21. The Hall–Kier alpha value is -3.71. The van der Waals surface area contributed by atoms with Gasteiger partial charge in [-0.05, 0) is 47.2 Å². The Kier molecular flexibility index (Phi) is 4.65. The molecule has 0 aliphatic heterocycles. The Labute approximate surface area is 177 Å². The molecule has 2 N–H and O–H groups in total. The molecule has 148 valence electrons. The van der Waals surface area contributed by atoms with Crippen LogP contribution in [-0.2, 0) is 0 Å². The van der Waals surface area contributed by atoms with Crippen LogP contribution in [0.15, 0.2) is 65.6 Å². The van der Waals surface area contributed by atoms with Gasteiger partial charge in [0.1, 0.15) is 17.9 Å². The van der Waals surface area contributed by atoms with Gasteiger partial charge in [0.05, 0.1) is 23.9 Å². The zero-order valence-corrected chi connectivity index (χ0v) is 17.3. The first-order valence-electron chi connectivity index (χ1n) is 9.47. The van der Waals surface area contributed by atoms with Crippen molar-refractivity contribution in [2.75, 3.05) is 12.4 Å². The zero-order chi connectivity index (χ0) is 20.5. The zero-order valence-electron chi connectivity index (χ0n) is 16.5. The number of hydrogen-bond acceptors (Lipinski definition) is 6. The maximum Gasteiger partial charge on any atom is 0.186 e. The fraction of sp³-hybridized carbons (Fsp3) is 0.0870. The summed E-state index contributed by atoms with van der Waals surface area (Å²) in [6.07, 6.45) is 1.51. The molecule has 0 saturated carbocycles. The number of aromatic nitrogens is 4. The lowest BCUT2D eigenvalue weighted by Crippen LogP contribution is -1.99. The van der Waals surface area contributed by atoms with Crippen LogP contribution in [0.5, 0.6) is 5.75 Å². The van der Waals surface area contributed by atoms with Crippen molar-refractivity contribution in [1.82, 2.24) is 20.2 Å². The number of fused-ring (bicyclic) bond motifs is 1. The van der Waals surface area contributed by atoms with E-state index in [0.29, 0.717) is 11.5 Å². The summed E-state index contributed by atoms with van der Waals surface area (Å²) in [6, 6.07) is 16.5. The molecular formula is C23H19N5OS. The number of hydrogen-bond donors (Lipinski definition) is 2. The normalized spacial score (nSPS) is 11.0. The molecule has 0 bridgehead atoms. The topological polar surface area (TPSA) is 75.7 Å². The predicted molar refractivity (Wildman–Crippen MR) is 121 cm³/mol. The van der Waals surface area contributed by atoms with Crippen molar-refractivity contribution in [3.05, 3.63) is 71.2 Å². The van der Waals surface area contributed by atoms with Gasteiger partial charge >= 0.3 is 0 Å². The van der Waals surface area contributed by atoms with E-state index in [0.717, 1.165) is 33.6 Å². The van der Waals surface area contributed by atoms with E-state index in [1.54, 1.807) is 18.4 Å². The van der Waals surface area contributed by atoms with E-state index in [1.165, 1.54) is 17.5 Å². The molecule has 2 aromatic carbocycles. The summed E-state index contributed by atoms with van der Waals surface area (Å²) in [4.78, 5) is 8.82. The molecule has 30 heavy (non-hydrogen) atoms. The maximum absolute atomic E-state index is 5.61. The van der Waals surface area contributed by atoms with Crippen molar-refractivity contribution in [2.45, 2.75) is 6.92 Å². The second-order valence-electron chi connectivity index (χ2n) is 6.89. The third-order valence-corrected chi connectivity index (χ3v) is 5.75. The molecule has 0 aliphatic rings. The van der Waals surface area contributed by atoms with Crippen LogP contribution in [0.25, 0.3) is 33.4 Å². The Morgan fingerprint density at radius 1 is 1.03 bits per heavy atom. The van der Waals surface area contributed by atoms with E-state index in [4.69, 9.17) is 4.74 Å². The van der Waals surface area contributed by atoms with Gasteiger partial charge in [-0.1, -0.05) is 30.3 Å². The molecule has 7 heteroatoms. The Bertz CT molecular complexity index is 1330. The summed E-state index contributed by atoms with van der Waals surface area (Å²) in [6.45, 7) is 2.11. The first-order valence-corrected chi connectivity index (χ1v) is 10.4. The van der Waals surface area contributed by atoms with E-state index in [-0.39, 0.29) is 0 Å². The largest absolute Gasteiger partial charge is 0.495 e. The molecule has 5 rings (SSSR count). The Morgan fingerprint density at radius 3 is 2.73 bits per heavy atom. The smallest absolute Gasteiger partial charge is 0.186 e. The summed E-state index contributed by atoms with van der Waals surface area (Å²) < 4.78 is 5.61. The minimum atomic E-state index is 0.614. The van der Waals surface area contributed by atoms with E-state index < -0.39 is 0 Å². The van der Waals surface area contributed by atoms with Crippen LogP contribution in [0.1, 0.15) is 5.56 Å². The van der Waals surface area contributed by atoms with Crippen LogP contribution >= 0.6 is 11.3 Å². The van der Waals surface area contributed by atoms with Crippen LogP contribution in [0, 0.1) is 6.92 Å². The second kappa shape index (κ2) is 7.61. The molecule has 0 atom stereocenters. The quantitative estimate of drug-likeness (QED) is 0.380. The molecule has 6 nitrogen and oxygen atoms in total. The van der Waals surface area contributed by atoms with Gasteiger partial charge in [-0.25, -0.2) is 9.97 Å². The molecule has 0 fully saturated rings. The SMILES string of the molecule is COc1ccc(-c2ccccc2C)cc1Nc1ncnc2n[nH]c(-c3ccsc3)c12. The molecule has 0 saturated heterocycles. The number of benzene rings is 2. The van der Waals surface area contributed by atoms with Gasteiger partial charge < -0.3 is 10.1 Å². The van der Waals surface area contributed by atoms with Gasteiger partial charge in [0.15, 0.2) is 5.65 Å². The number of methoxy groups -OCH3 is 1. The standard InChI is InChI=1S/C23H19N5OS/c1-14-5-3-4-6-17(14)15-7-8-19(29-2)18(11-15)26-22-20-21(16-9-10-30-12-16)27-28-23(20)25-13-24-22/h3-13H,1-2H3,(H2,24,25,26,27,28). The summed E-state index contributed by atoms with van der Waals surface area (Å²) >= 11 is 1.63. The van der Waals surface area contributed by atoms with Gasteiger partial charge in [-0.15, -0.1) is 0 Å². The molecule has 0 aliphatic carbocycles. The minimum Gasteiger partial charge on any atom is -0.495 e. The third-order valence-electron chi connectivity index (χ3n) is 5.07. The van der Waals surface area contributed by atoms with Crippen LogP contribution in [-0.4, -0.2) is 27.3 Å². The molecule has 0 spiro atoms. The number of thiophene rings is 1. The number of nitrogens with one attached hydrogen (secondary N) is 2. The summed E-state index contributed by atoms with van der Waals surface area (Å²) in [7, 11) is 1.66. The molecule has 3 aromatic heterocycles. The first kappa shape index (κ1) is 18.3. The lowest BCUT2D eigenvalue weighted by molar-refractivity contribution is 0.417. The fourth-order valence-electron chi connectivity index (χ4n) is 3.56. The monoisotopic (exact) mass is 413 g/mol. The Morgan fingerprint density at radius 2 is 1.93 bits per heavy atom. The van der Waals surface area contributed by atoms with Gasteiger partial charge in [-0.3, -0.25) is 5.10 Å². The number of H-pyrrole nitrogens is 1. The number of ether oxygens (including phenoxy) is 1. The Balaban J connectivity index is 1.62. The molecule has 0 unspecified atom stereocenters. The van der Waals surface area contributed by atoms with Gasteiger partial charge in [-0.2, -0.15) is 16.4 Å². The van der Waals surface area contributed by atoms with Crippen LogP contribution in [0.4, 0.5) is 11.5 Å². The number of rotatable bonds is 5. The summed E-state index contributed by atoms with van der Waals surface area (Å²) in [5.74, 6) is 1.41. The predicted octanol–water partition coefficient (Wildman–Crippen LogP) is 5.81. The third kappa shape index (κ3) is 3.19. The number of aromatic amines is 1. The first-order chi connectivity index (χ1) is 14.7. The van der Waals surface area contributed by atoms with Crippen LogP contribution in [0.3, 0.4) is 0 Å². The van der Waals surface area contributed by atoms with Crippen LogP contribution < -0.4 is 10.1 Å². The summed E-state index contributed by atoms with van der Waals surface area (Å²) in [5.41, 5.74) is 6.89. The average Bonchev–Trinajstić information content (AvgIpc) is 3.44. The number of anilines is 2. The maximum atomic E-state index is 5.61. The van der Waals surface area contributed by atoms with Gasteiger partial charge in [0.2, 0.25) is 0 Å². The molecular weight excluding hydrogens is 394 g/mol. The highest BCUT2D eigenvalue weighted by atomic mass is 32.1. The second-order valence-corrected chi connectivity index (χ2v) is 7.67. The highest BCUT2D eigenvalue weighted by Crippen LogP contribution is 2.37. The van der Waals surface area contributed by atoms with Crippen molar-refractivity contribution in [1.29, 1.82) is 0 Å².